The van der Waals surface area contributed by atoms with Gasteiger partial charge in [0.1, 0.15) is 0 Å². The van der Waals surface area contributed by atoms with E-state index in [0.717, 1.165) is 11.3 Å². The summed E-state index contributed by atoms with van der Waals surface area (Å²) in [5.41, 5.74) is 3.01. The molecule has 0 bridgehead atoms. The van der Waals surface area contributed by atoms with Crippen molar-refractivity contribution >= 4 is 22.9 Å². The molecule has 0 aliphatic rings. The number of carbonyl (C=O) groups is 1. The van der Waals surface area contributed by atoms with Gasteiger partial charge in [0.2, 0.25) is 17.6 Å². The second-order valence-electron chi connectivity index (χ2n) is 5.85. The fraction of sp³-hybridized carbons (Fsp3) is 0.278. The normalized spacial score (nSPS) is 11.0. The van der Waals surface area contributed by atoms with Gasteiger partial charge >= 0.3 is 0 Å². The van der Waals surface area contributed by atoms with E-state index in [0.29, 0.717) is 30.5 Å². The molecular formula is C18H19N3O2S. The summed E-state index contributed by atoms with van der Waals surface area (Å²) in [6.07, 6.45) is 0.733. The first kappa shape index (κ1) is 16.4. The van der Waals surface area contributed by atoms with Gasteiger partial charge in [-0.1, -0.05) is 43.3 Å². The van der Waals surface area contributed by atoms with Gasteiger partial charge in [-0.3, -0.25) is 4.79 Å². The third-order valence-corrected chi connectivity index (χ3v) is 4.36. The van der Waals surface area contributed by atoms with Crippen molar-refractivity contribution in [1.82, 2.24) is 10.1 Å². The SMILES string of the molecule is CC(C)c1ccc(-c2noc(CCC(=O)Nc3ccsc3)n2)cc1. The summed E-state index contributed by atoms with van der Waals surface area (Å²) in [5.74, 6) is 1.45. The molecule has 2 aromatic heterocycles. The van der Waals surface area contributed by atoms with Crippen LogP contribution in [0.5, 0.6) is 0 Å². The van der Waals surface area contributed by atoms with Crippen molar-refractivity contribution in [2.24, 2.45) is 0 Å². The Labute approximate surface area is 144 Å². The van der Waals surface area contributed by atoms with Gasteiger partial charge in [0.05, 0.1) is 5.69 Å². The van der Waals surface area contributed by atoms with Crippen LogP contribution in [0.2, 0.25) is 0 Å². The average Bonchev–Trinajstić information content (AvgIpc) is 3.24. The predicted molar refractivity (Wildman–Crippen MR) is 95.1 cm³/mol. The average molecular weight is 341 g/mol. The minimum absolute atomic E-state index is 0.0607. The lowest BCUT2D eigenvalue weighted by Gasteiger charge is -2.04. The second-order valence-corrected chi connectivity index (χ2v) is 6.63. The monoisotopic (exact) mass is 341 g/mol. The van der Waals surface area contributed by atoms with E-state index in [2.05, 4.69) is 41.4 Å². The van der Waals surface area contributed by atoms with Crippen molar-refractivity contribution in [3.05, 3.63) is 52.5 Å². The highest BCUT2D eigenvalue weighted by Crippen LogP contribution is 2.21. The fourth-order valence-corrected chi connectivity index (χ4v) is 2.86. The van der Waals surface area contributed by atoms with Crippen LogP contribution in [0.15, 0.2) is 45.6 Å². The highest BCUT2D eigenvalue weighted by molar-refractivity contribution is 7.08. The molecule has 6 heteroatoms. The van der Waals surface area contributed by atoms with Gasteiger partial charge in [-0.25, -0.2) is 0 Å². The van der Waals surface area contributed by atoms with E-state index in [1.165, 1.54) is 5.56 Å². The maximum atomic E-state index is 11.9. The van der Waals surface area contributed by atoms with Gasteiger partial charge in [0.25, 0.3) is 0 Å². The molecule has 2 heterocycles. The molecule has 0 aliphatic carbocycles. The zero-order valence-electron chi connectivity index (χ0n) is 13.7. The van der Waals surface area contributed by atoms with Crippen LogP contribution in [0.3, 0.4) is 0 Å². The van der Waals surface area contributed by atoms with Crippen LogP contribution in [-0.2, 0) is 11.2 Å². The van der Waals surface area contributed by atoms with E-state index in [1.807, 2.05) is 29.0 Å². The van der Waals surface area contributed by atoms with Crippen LogP contribution in [0, 0.1) is 0 Å². The predicted octanol–water partition coefficient (Wildman–Crippen LogP) is 4.49. The molecule has 0 atom stereocenters. The van der Waals surface area contributed by atoms with Crippen LogP contribution in [0.4, 0.5) is 5.69 Å². The number of carbonyl (C=O) groups excluding carboxylic acids is 1. The van der Waals surface area contributed by atoms with Crippen LogP contribution in [0.25, 0.3) is 11.4 Å². The van der Waals surface area contributed by atoms with Gasteiger partial charge < -0.3 is 9.84 Å². The molecule has 3 rings (SSSR count). The Morgan fingerprint density at radius 1 is 1.25 bits per heavy atom. The zero-order valence-corrected chi connectivity index (χ0v) is 14.5. The quantitative estimate of drug-likeness (QED) is 0.717. The smallest absolute Gasteiger partial charge is 0.227 e. The van der Waals surface area contributed by atoms with Crippen molar-refractivity contribution in [2.45, 2.75) is 32.6 Å². The Kier molecular flexibility index (Phi) is 5.05. The van der Waals surface area contributed by atoms with Crippen LogP contribution in [0.1, 0.15) is 37.6 Å². The molecular weight excluding hydrogens is 322 g/mol. The second kappa shape index (κ2) is 7.40. The Hall–Kier alpha value is -2.47. The summed E-state index contributed by atoms with van der Waals surface area (Å²) in [7, 11) is 0. The molecule has 1 amide bonds. The summed E-state index contributed by atoms with van der Waals surface area (Å²) in [6, 6.07) is 10.0. The molecule has 24 heavy (non-hydrogen) atoms. The molecule has 124 valence electrons. The number of nitrogens with zero attached hydrogens (tertiary/aromatic N) is 2. The Balaban J connectivity index is 1.58. The first-order chi connectivity index (χ1) is 11.6. The largest absolute Gasteiger partial charge is 0.339 e. The maximum absolute atomic E-state index is 11.9. The maximum Gasteiger partial charge on any atom is 0.227 e. The topological polar surface area (TPSA) is 68.0 Å². The first-order valence-electron chi connectivity index (χ1n) is 7.87. The minimum atomic E-state index is -0.0607. The highest BCUT2D eigenvalue weighted by atomic mass is 32.1. The lowest BCUT2D eigenvalue weighted by molar-refractivity contribution is -0.116. The fourth-order valence-electron chi connectivity index (χ4n) is 2.27. The molecule has 5 nitrogen and oxygen atoms in total. The molecule has 3 aromatic rings. The van der Waals surface area contributed by atoms with E-state index in [4.69, 9.17) is 4.52 Å². The number of amides is 1. The minimum Gasteiger partial charge on any atom is -0.339 e. The molecule has 0 radical (unpaired) electrons. The number of rotatable bonds is 6. The van der Waals surface area contributed by atoms with E-state index in [9.17, 15) is 4.79 Å². The number of benzene rings is 1. The number of nitrogens with one attached hydrogen (secondary N) is 1. The number of anilines is 1. The van der Waals surface area contributed by atoms with Gasteiger partial charge in [0, 0.05) is 23.8 Å². The Morgan fingerprint density at radius 2 is 2.04 bits per heavy atom. The number of aryl methyl sites for hydroxylation is 1. The molecule has 1 aromatic carbocycles. The standard InChI is InChI=1S/C18H19N3O2S/c1-12(2)13-3-5-14(6-4-13)18-20-17(23-21-18)8-7-16(22)19-15-9-10-24-11-15/h3-6,9-12H,7-8H2,1-2H3,(H,19,22). The number of hydrogen-bond donors (Lipinski definition) is 1. The van der Waals surface area contributed by atoms with Crippen molar-refractivity contribution in [2.75, 3.05) is 5.32 Å². The van der Waals surface area contributed by atoms with Gasteiger partial charge in [-0.2, -0.15) is 16.3 Å². The van der Waals surface area contributed by atoms with E-state index < -0.39 is 0 Å². The number of thiophene rings is 1. The molecule has 0 fully saturated rings. The van der Waals surface area contributed by atoms with Crippen LogP contribution < -0.4 is 5.32 Å². The lowest BCUT2D eigenvalue weighted by atomic mass is 10.0. The first-order valence-corrected chi connectivity index (χ1v) is 8.81. The van der Waals surface area contributed by atoms with Gasteiger partial charge in [-0.05, 0) is 22.9 Å². The van der Waals surface area contributed by atoms with Crippen molar-refractivity contribution in [3.63, 3.8) is 0 Å². The summed E-state index contributed by atoms with van der Waals surface area (Å²) in [5, 5.41) is 10.6. The number of aromatic nitrogens is 2. The molecule has 0 saturated heterocycles. The molecule has 0 unspecified atom stereocenters. The molecule has 0 spiro atoms. The van der Waals surface area contributed by atoms with Crippen molar-refractivity contribution < 1.29 is 9.32 Å². The van der Waals surface area contributed by atoms with E-state index in [-0.39, 0.29) is 5.91 Å². The molecule has 0 aliphatic heterocycles. The van der Waals surface area contributed by atoms with Crippen LogP contribution >= 0.6 is 11.3 Å². The summed E-state index contributed by atoms with van der Waals surface area (Å²) >= 11 is 1.54. The number of hydrogen-bond acceptors (Lipinski definition) is 5. The molecule has 1 N–H and O–H groups in total. The summed E-state index contributed by atoms with van der Waals surface area (Å²) in [6.45, 7) is 4.31. The third kappa shape index (κ3) is 4.08. The molecule has 0 saturated carbocycles. The van der Waals surface area contributed by atoms with E-state index >= 15 is 0 Å². The summed E-state index contributed by atoms with van der Waals surface area (Å²) < 4.78 is 5.24. The summed E-state index contributed by atoms with van der Waals surface area (Å²) in [4.78, 5) is 16.2. The van der Waals surface area contributed by atoms with Gasteiger partial charge in [-0.15, -0.1) is 0 Å². The zero-order chi connectivity index (χ0) is 16.9. The Bertz CT molecular complexity index is 792. The van der Waals surface area contributed by atoms with E-state index in [1.54, 1.807) is 11.3 Å². The van der Waals surface area contributed by atoms with Crippen LogP contribution in [-0.4, -0.2) is 16.0 Å². The van der Waals surface area contributed by atoms with Crippen molar-refractivity contribution in [3.8, 4) is 11.4 Å². The van der Waals surface area contributed by atoms with Gasteiger partial charge in [0.15, 0.2) is 0 Å². The lowest BCUT2D eigenvalue weighted by Crippen LogP contribution is -2.11. The third-order valence-electron chi connectivity index (χ3n) is 3.67. The Morgan fingerprint density at radius 3 is 2.71 bits per heavy atom. The van der Waals surface area contributed by atoms with Crippen molar-refractivity contribution in [1.29, 1.82) is 0 Å². The highest BCUT2D eigenvalue weighted by Gasteiger charge is 2.11.